The zero-order valence-corrected chi connectivity index (χ0v) is 11.6. The van der Waals surface area contributed by atoms with Gasteiger partial charge in [0.25, 0.3) is 5.91 Å². The second kappa shape index (κ2) is 5.85. The normalized spacial score (nSPS) is 20.0. The van der Waals surface area contributed by atoms with Crippen molar-refractivity contribution in [2.24, 2.45) is 0 Å². The van der Waals surface area contributed by atoms with Gasteiger partial charge in [0.05, 0.1) is 10.6 Å². The van der Waals surface area contributed by atoms with Gasteiger partial charge in [-0.3, -0.25) is 4.79 Å². The van der Waals surface area contributed by atoms with Gasteiger partial charge in [-0.05, 0) is 47.4 Å². The third kappa shape index (κ3) is 3.21. The molecule has 92 valence electrons. The molecule has 0 saturated carbocycles. The number of amides is 1. The van der Waals surface area contributed by atoms with Crippen molar-refractivity contribution in [3.8, 4) is 0 Å². The summed E-state index contributed by atoms with van der Waals surface area (Å²) in [6.07, 6.45) is 2.11. The van der Waals surface area contributed by atoms with E-state index < -0.39 is 0 Å². The molecule has 1 fully saturated rings. The average molecular weight is 318 g/mol. The van der Waals surface area contributed by atoms with Gasteiger partial charge in [0.1, 0.15) is 0 Å². The molecule has 0 bridgehead atoms. The SMILES string of the molecule is O=C(NC1CCCNC1)c1cccc(Br)c1Cl. The molecule has 17 heavy (non-hydrogen) atoms. The minimum Gasteiger partial charge on any atom is -0.348 e. The summed E-state index contributed by atoms with van der Waals surface area (Å²) in [4.78, 5) is 12.0. The fourth-order valence-corrected chi connectivity index (χ4v) is 2.50. The minimum absolute atomic E-state index is 0.106. The number of nitrogens with one attached hydrogen (secondary N) is 2. The van der Waals surface area contributed by atoms with E-state index in [4.69, 9.17) is 11.6 Å². The summed E-state index contributed by atoms with van der Waals surface area (Å²) in [7, 11) is 0. The van der Waals surface area contributed by atoms with Gasteiger partial charge in [-0.1, -0.05) is 17.7 Å². The van der Waals surface area contributed by atoms with Crippen molar-refractivity contribution in [2.45, 2.75) is 18.9 Å². The van der Waals surface area contributed by atoms with Gasteiger partial charge >= 0.3 is 0 Å². The first-order valence-electron chi connectivity index (χ1n) is 5.64. The average Bonchev–Trinajstić information content (AvgIpc) is 2.34. The number of carbonyl (C=O) groups is 1. The van der Waals surface area contributed by atoms with Crippen LogP contribution in [0.5, 0.6) is 0 Å². The zero-order valence-electron chi connectivity index (χ0n) is 9.30. The van der Waals surface area contributed by atoms with Crippen LogP contribution in [-0.2, 0) is 0 Å². The Kier molecular flexibility index (Phi) is 4.42. The maximum Gasteiger partial charge on any atom is 0.253 e. The van der Waals surface area contributed by atoms with Gasteiger partial charge < -0.3 is 10.6 Å². The van der Waals surface area contributed by atoms with Crippen LogP contribution in [0.4, 0.5) is 0 Å². The zero-order chi connectivity index (χ0) is 12.3. The molecule has 0 aliphatic carbocycles. The van der Waals surface area contributed by atoms with Crippen molar-refractivity contribution >= 4 is 33.4 Å². The molecule has 2 N–H and O–H groups in total. The van der Waals surface area contributed by atoms with Crippen molar-refractivity contribution in [3.05, 3.63) is 33.3 Å². The van der Waals surface area contributed by atoms with E-state index in [1.165, 1.54) is 0 Å². The Morgan fingerprint density at radius 3 is 3.06 bits per heavy atom. The Morgan fingerprint density at radius 1 is 1.53 bits per heavy atom. The van der Waals surface area contributed by atoms with E-state index in [0.717, 1.165) is 30.4 Å². The van der Waals surface area contributed by atoms with E-state index in [1.807, 2.05) is 12.1 Å². The third-order valence-electron chi connectivity index (χ3n) is 2.83. The number of carbonyl (C=O) groups excluding carboxylic acids is 1. The highest BCUT2D eigenvalue weighted by molar-refractivity contribution is 9.10. The molecular formula is C12H14BrClN2O. The second-order valence-electron chi connectivity index (χ2n) is 4.12. The predicted octanol–water partition coefficient (Wildman–Crippen LogP) is 2.58. The largest absolute Gasteiger partial charge is 0.348 e. The molecule has 0 radical (unpaired) electrons. The van der Waals surface area contributed by atoms with E-state index in [9.17, 15) is 4.79 Å². The topological polar surface area (TPSA) is 41.1 Å². The van der Waals surface area contributed by atoms with Crippen molar-refractivity contribution in [1.29, 1.82) is 0 Å². The molecule has 1 aliphatic rings. The highest BCUT2D eigenvalue weighted by Gasteiger charge is 2.18. The molecule has 1 saturated heterocycles. The molecule has 1 aromatic carbocycles. The summed E-state index contributed by atoms with van der Waals surface area (Å²) in [6.45, 7) is 1.86. The molecule has 1 aliphatic heterocycles. The van der Waals surface area contributed by atoms with E-state index in [-0.39, 0.29) is 11.9 Å². The summed E-state index contributed by atoms with van der Waals surface area (Å²) < 4.78 is 0.744. The van der Waals surface area contributed by atoms with Gasteiger partial charge in [0, 0.05) is 17.1 Å². The van der Waals surface area contributed by atoms with Gasteiger partial charge in [-0.2, -0.15) is 0 Å². The van der Waals surface area contributed by atoms with Gasteiger partial charge in [-0.25, -0.2) is 0 Å². The summed E-state index contributed by atoms with van der Waals surface area (Å²) in [6, 6.07) is 5.57. The van der Waals surface area contributed by atoms with Crippen LogP contribution in [0, 0.1) is 0 Å². The summed E-state index contributed by atoms with van der Waals surface area (Å²) in [5.41, 5.74) is 0.520. The number of halogens is 2. The van der Waals surface area contributed by atoms with Crippen LogP contribution < -0.4 is 10.6 Å². The molecule has 1 amide bonds. The Hall–Kier alpha value is -0.580. The van der Waals surface area contributed by atoms with Crippen molar-refractivity contribution < 1.29 is 4.79 Å². The lowest BCUT2D eigenvalue weighted by Crippen LogP contribution is -2.45. The number of hydrogen-bond donors (Lipinski definition) is 2. The molecule has 1 atom stereocenters. The van der Waals surface area contributed by atoms with Gasteiger partial charge in [0.2, 0.25) is 0 Å². The summed E-state index contributed by atoms with van der Waals surface area (Å²) in [5.74, 6) is -0.106. The highest BCUT2D eigenvalue weighted by atomic mass is 79.9. The molecular weight excluding hydrogens is 304 g/mol. The third-order valence-corrected chi connectivity index (χ3v) is 4.12. The van der Waals surface area contributed by atoms with Crippen LogP contribution in [0.1, 0.15) is 23.2 Å². The monoisotopic (exact) mass is 316 g/mol. The summed E-state index contributed by atoms with van der Waals surface area (Å²) >= 11 is 9.40. The van der Waals surface area contributed by atoms with E-state index in [2.05, 4.69) is 26.6 Å². The van der Waals surface area contributed by atoms with Crippen molar-refractivity contribution in [3.63, 3.8) is 0 Å². The molecule has 0 aromatic heterocycles. The number of hydrogen-bond acceptors (Lipinski definition) is 2. The van der Waals surface area contributed by atoms with E-state index in [1.54, 1.807) is 6.07 Å². The Labute approximate surface area is 114 Å². The number of piperidine rings is 1. The molecule has 3 nitrogen and oxygen atoms in total. The number of benzene rings is 1. The molecule has 1 heterocycles. The fraction of sp³-hybridized carbons (Fsp3) is 0.417. The van der Waals surface area contributed by atoms with Crippen LogP contribution in [0.3, 0.4) is 0 Å². The maximum atomic E-state index is 12.0. The van der Waals surface area contributed by atoms with Crippen LogP contribution in [0.15, 0.2) is 22.7 Å². The highest BCUT2D eigenvalue weighted by Crippen LogP contribution is 2.26. The first-order valence-corrected chi connectivity index (χ1v) is 6.81. The van der Waals surface area contributed by atoms with Crippen LogP contribution in [0.2, 0.25) is 5.02 Å². The first-order chi connectivity index (χ1) is 8.18. The quantitative estimate of drug-likeness (QED) is 0.880. The van der Waals surface area contributed by atoms with Gasteiger partial charge in [0.15, 0.2) is 0 Å². The standard InChI is InChI=1S/C12H14BrClN2O/c13-10-5-1-4-9(11(10)14)12(17)16-8-3-2-6-15-7-8/h1,4-5,8,15H,2-3,6-7H2,(H,16,17). The molecule has 1 unspecified atom stereocenters. The Morgan fingerprint density at radius 2 is 2.35 bits per heavy atom. The predicted molar refractivity (Wildman–Crippen MR) is 72.5 cm³/mol. The lowest BCUT2D eigenvalue weighted by Gasteiger charge is -2.24. The van der Waals surface area contributed by atoms with E-state index >= 15 is 0 Å². The lowest BCUT2D eigenvalue weighted by atomic mass is 10.1. The molecule has 0 spiro atoms. The van der Waals surface area contributed by atoms with Gasteiger partial charge in [-0.15, -0.1) is 0 Å². The van der Waals surface area contributed by atoms with E-state index in [0.29, 0.717) is 10.6 Å². The lowest BCUT2D eigenvalue weighted by molar-refractivity contribution is 0.0931. The van der Waals surface area contributed by atoms with Crippen LogP contribution >= 0.6 is 27.5 Å². The van der Waals surface area contributed by atoms with Crippen molar-refractivity contribution in [1.82, 2.24) is 10.6 Å². The second-order valence-corrected chi connectivity index (χ2v) is 5.35. The Balaban J connectivity index is 2.06. The molecule has 5 heteroatoms. The molecule has 1 aromatic rings. The first kappa shape index (κ1) is 12.9. The minimum atomic E-state index is -0.106. The molecule has 2 rings (SSSR count). The van der Waals surface area contributed by atoms with Crippen LogP contribution in [0.25, 0.3) is 0 Å². The summed E-state index contributed by atoms with van der Waals surface area (Å²) in [5, 5.41) is 6.72. The number of rotatable bonds is 2. The smallest absolute Gasteiger partial charge is 0.253 e. The van der Waals surface area contributed by atoms with Crippen molar-refractivity contribution in [2.75, 3.05) is 13.1 Å². The maximum absolute atomic E-state index is 12.0. The Bertz CT molecular complexity index is 419. The fourth-order valence-electron chi connectivity index (χ4n) is 1.92. The van der Waals surface area contributed by atoms with Crippen LogP contribution in [-0.4, -0.2) is 25.0 Å².